The van der Waals surface area contributed by atoms with Crippen molar-refractivity contribution in [3.8, 4) is 0 Å². The van der Waals surface area contributed by atoms with Crippen molar-refractivity contribution in [3.63, 3.8) is 0 Å². The van der Waals surface area contributed by atoms with Crippen LogP contribution in [0.3, 0.4) is 0 Å². The average molecular weight is 289 g/mol. The van der Waals surface area contributed by atoms with Crippen LogP contribution in [0.15, 0.2) is 41.3 Å². The summed E-state index contributed by atoms with van der Waals surface area (Å²) in [5.74, 6) is 0. The van der Waals surface area contributed by atoms with Crippen LogP contribution in [-0.4, -0.2) is 23.5 Å². The summed E-state index contributed by atoms with van der Waals surface area (Å²) in [6, 6.07) is 12.4. The maximum Gasteiger partial charge on any atom is 0.125 e. The normalized spacial score (nSPS) is 18.2. The highest BCUT2D eigenvalue weighted by molar-refractivity contribution is 7.83. The molecule has 1 atom stereocenters. The molecule has 1 saturated heterocycles. The quantitative estimate of drug-likeness (QED) is 0.943. The molecule has 0 aromatic heterocycles. The van der Waals surface area contributed by atoms with Gasteiger partial charge in [-0.15, -0.1) is 0 Å². The summed E-state index contributed by atoms with van der Waals surface area (Å²) in [5.41, 5.74) is 1.22. The van der Waals surface area contributed by atoms with E-state index in [0.29, 0.717) is 0 Å². The smallest absolute Gasteiger partial charge is 0.125 e. The van der Waals surface area contributed by atoms with Gasteiger partial charge in [0.05, 0.1) is 4.90 Å². The maximum absolute atomic E-state index is 12.6. The van der Waals surface area contributed by atoms with Crippen LogP contribution in [0.5, 0.6) is 0 Å². The second-order valence-electron chi connectivity index (χ2n) is 5.20. The van der Waals surface area contributed by atoms with E-state index in [1.54, 1.807) is 0 Å². The molecule has 1 aliphatic rings. The molecular weight excluding hydrogens is 270 g/mol. The average Bonchev–Trinajstić information content (AvgIpc) is 2.49. The fourth-order valence-electron chi connectivity index (χ4n) is 2.61. The van der Waals surface area contributed by atoms with E-state index < -0.39 is 11.0 Å². The van der Waals surface area contributed by atoms with Crippen molar-refractivity contribution < 1.29 is 8.95 Å². The first kappa shape index (κ1) is 13.7. The molecule has 2 aromatic rings. The van der Waals surface area contributed by atoms with Gasteiger partial charge in [-0.1, -0.05) is 30.3 Å². The lowest BCUT2D eigenvalue weighted by atomic mass is 10.1. The first-order chi connectivity index (χ1) is 9.75. The second kappa shape index (κ2) is 6.04. The fraction of sp³-hybridized carbons (Fsp3) is 0.375. The summed E-state index contributed by atoms with van der Waals surface area (Å²) in [5, 5.41) is 2.25. The van der Waals surface area contributed by atoms with Crippen molar-refractivity contribution in [1.29, 1.82) is 0 Å². The Kier molecular flexibility index (Phi) is 4.15. The van der Waals surface area contributed by atoms with E-state index in [2.05, 4.69) is 17.7 Å². The van der Waals surface area contributed by atoms with Crippen molar-refractivity contribution in [2.24, 2.45) is 0 Å². The largest absolute Gasteiger partial charge is 0.381 e. The highest BCUT2D eigenvalue weighted by Gasteiger charge is 2.18. The Labute approximate surface area is 121 Å². The first-order valence-corrected chi connectivity index (χ1v) is 8.15. The third-order valence-corrected chi connectivity index (χ3v) is 5.10. The van der Waals surface area contributed by atoms with Gasteiger partial charge in [-0.05, 0) is 42.2 Å². The van der Waals surface area contributed by atoms with Gasteiger partial charge in [0.1, 0.15) is 11.0 Å². The molecule has 1 heterocycles. The van der Waals surface area contributed by atoms with Gasteiger partial charge in [-0.25, -0.2) is 8.93 Å². The molecule has 4 heteroatoms. The van der Waals surface area contributed by atoms with Crippen LogP contribution in [0.4, 0.5) is 0 Å². The van der Waals surface area contributed by atoms with Crippen molar-refractivity contribution in [2.75, 3.05) is 13.2 Å². The van der Waals surface area contributed by atoms with Gasteiger partial charge in [-0.2, -0.15) is 0 Å². The number of nitrogens with one attached hydrogen (secondary N) is 1. The molecule has 1 fully saturated rings. The van der Waals surface area contributed by atoms with E-state index in [9.17, 15) is 4.21 Å². The third-order valence-electron chi connectivity index (χ3n) is 3.80. The van der Waals surface area contributed by atoms with Crippen LogP contribution in [0, 0.1) is 6.92 Å². The van der Waals surface area contributed by atoms with E-state index in [1.165, 1.54) is 10.9 Å². The predicted molar refractivity (Wildman–Crippen MR) is 82.1 cm³/mol. The minimum Gasteiger partial charge on any atom is -0.381 e. The lowest BCUT2D eigenvalue weighted by molar-refractivity contribution is 0.0835. The molecule has 0 amide bonds. The standard InChI is InChI=1S/C16H19NO2S/c1-12-6-7-16(15-5-3-2-4-14(12)15)20(18)17-13-8-10-19-11-9-13/h2-7,13,17H,8-11H2,1H3. The van der Waals surface area contributed by atoms with Crippen LogP contribution in [0.2, 0.25) is 0 Å². The summed E-state index contributed by atoms with van der Waals surface area (Å²) >= 11 is 0. The molecule has 1 aliphatic heterocycles. The molecule has 0 saturated carbocycles. The summed E-state index contributed by atoms with van der Waals surface area (Å²) in [6.07, 6.45) is 1.85. The minimum absolute atomic E-state index is 0.282. The summed E-state index contributed by atoms with van der Waals surface area (Å²) in [4.78, 5) is 0.873. The van der Waals surface area contributed by atoms with E-state index in [-0.39, 0.29) is 6.04 Å². The molecule has 3 nitrogen and oxygen atoms in total. The number of benzene rings is 2. The van der Waals surface area contributed by atoms with E-state index >= 15 is 0 Å². The highest BCUT2D eigenvalue weighted by atomic mass is 32.2. The zero-order chi connectivity index (χ0) is 13.9. The molecular formula is C16H19NO2S. The molecule has 0 aliphatic carbocycles. The molecule has 106 valence electrons. The Bertz CT molecular complexity index is 635. The molecule has 20 heavy (non-hydrogen) atoms. The minimum atomic E-state index is -1.17. The van der Waals surface area contributed by atoms with Gasteiger partial charge in [-0.3, -0.25) is 0 Å². The lowest BCUT2D eigenvalue weighted by Gasteiger charge is -2.22. The van der Waals surface area contributed by atoms with Gasteiger partial charge in [0.2, 0.25) is 0 Å². The van der Waals surface area contributed by atoms with E-state index in [1.807, 2.05) is 30.3 Å². The Hall–Kier alpha value is -1.23. The van der Waals surface area contributed by atoms with Gasteiger partial charge in [0.15, 0.2) is 0 Å². The van der Waals surface area contributed by atoms with Crippen LogP contribution < -0.4 is 4.72 Å². The van der Waals surface area contributed by atoms with E-state index in [0.717, 1.165) is 36.3 Å². The van der Waals surface area contributed by atoms with Crippen LogP contribution in [0.1, 0.15) is 18.4 Å². The van der Waals surface area contributed by atoms with Crippen molar-refractivity contribution in [1.82, 2.24) is 4.72 Å². The predicted octanol–water partition coefficient (Wildman–Crippen LogP) is 2.94. The molecule has 0 spiro atoms. The van der Waals surface area contributed by atoms with E-state index in [4.69, 9.17) is 4.74 Å². The Balaban J connectivity index is 1.89. The molecule has 2 aromatic carbocycles. The zero-order valence-corrected chi connectivity index (χ0v) is 12.4. The van der Waals surface area contributed by atoms with Gasteiger partial charge < -0.3 is 4.74 Å². The van der Waals surface area contributed by atoms with Crippen molar-refractivity contribution >= 4 is 21.8 Å². The van der Waals surface area contributed by atoms with Crippen LogP contribution >= 0.6 is 0 Å². The first-order valence-electron chi connectivity index (χ1n) is 7.00. The number of ether oxygens (including phenoxy) is 1. The Morgan fingerprint density at radius 1 is 1.10 bits per heavy atom. The monoisotopic (exact) mass is 289 g/mol. The SMILES string of the molecule is Cc1ccc(S(=O)NC2CCOCC2)c2ccccc12. The second-order valence-corrected chi connectivity index (χ2v) is 6.41. The third kappa shape index (κ3) is 2.77. The number of hydrogen-bond donors (Lipinski definition) is 1. The molecule has 1 N–H and O–H groups in total. The summed E-state index contributed by atoms with van der Waals surface area (Å²) < 4.78 is 21.2. The fourth-order valence-corrected chi connectivity index (χ4v) is 3.85. The number of hydrogen-bond acceptors (Lipinski definition) is 2. The Morgan fingerprint density at radius 3 is 2.55 bits per heavy atom. The van der Waals surface area contributed by atoms with Crippen molar-refractivity contribution in [3.05, 3.63) is 42.0 Å². The highest BCUT2D eigenvalue weighted by Crippen LogP contribution is 2.24. The molecule has 0 radical (unpaired) electrons. The van der Waals surface area contributed by atoms with Crippen molar-refractivity contribution in [2.45, 2.75) is 30.7 Å². The molecule has 1 unspecified atom stereocenters. The van der Waals surface area contributed by atoms with Gasteiger partial charge >= 0.3 is 0 Å². The molecule has 3 rings (SSSR count). The van der Waals surface area contributed by atoms with Crippen LogP contribution in [0.25, 0.3) is 10.8 Å². The number of rotatable bonds is 3. The topological polar surface area (TPSA) is 38.3 Å². The van der Waals surface area contributed by atoms with Gasteiger partial charge in [0, 0.05) is 19.3 Å². The van der Waals surface area contributed by atoms with Crippen LogP contribution in [-0.2, 0) is 15.7 Å². The number of aryl methyl sites for hydroxylation is 1. The summed E-state index contributed by atoms with van der Waals surface area (Å²) in [6.45, 7) is 3.59. The Morgan fingerprint density at radius 2 is 1.80 bits per heavy atom. The molecule has 0 bridgehead atoms. The zero-order valence-electron chi connectivity index (χ0n) is 11.6. The van der Waals surface area contributed by atoms with Gasteiger partial charge in [0.25, 0.3) is 0 Å². The maximum atomic E-state index is 12.6. The summed E-state index contributed by atoms with van der Waals surface area (Å²) in [7, 11) is -1.17. The lowest BCUT2D eigenvalue weighted by Crippen LogP contribution is -2.35. The number of fused-ring (bicyclic) bond motifs is 1.